The lowest BCUT2D eigenvalue weighted by atomic mass is 10.1. The van der Waals surface area contributed by atoms with Gasteiger partial charge in [-0.1, -0.05) is 0 Å². The van der Waals surface area contributed by atoms with Gasteiger partial charge in [-0.2, -0.15) is 0 Å². The molecule has 0 aliphatic heterocycles. The Bertz CT molecular complexity index is 358. The summed E-state index contributed by atoms with van der Waals surface area (Å²) in [6, 6.07) is 3.10. The molecule has 0 bridgehead atoms. The standard InChI is InChI=1S/C9H9NO2/c10-6-2-4-7(11)5-1-3-8(12)9(5)6/h2,4,11H,1,3,10H2. The van der Waals surface area contributed by atoms with Crippen molar-refractivity contribution in [1.82, 2.24) is 0 Å². The lowest BCUT2D eigenvalue weighted by molar-refractivity contribution is 0.0995. The second kappa shape index (κ2) is 2.24. The average molecular weight is 163 g/mol. The topological polar surface area (TPSA) is 63.3 Å². The fourth-order valence-corrected chi connectivity index (χ4v) is 1.60. The third-order valence-corrected chi connectivity index (χ3v) is 2.20. The Kier molecular flexibility index (Phi) is 1.33. The monoisotopic (exact) mass is 163 g/mol. The number of anilines is 1. The SMILES string of the molecule is Nc1ccc(O)c2c1C(=O)CC2. The van der Waals surface area contributed by atoms with Gasteiger partial charge in [-0.15, -0.1) is 0 Å². The molecular weight excluding hydrogens is 154 g/mol. The molecule has 0 spiro atoms. The number of hydrogen-bond acceptors (Lipinski definition) is 3. The summed E-state index contributed by atoms with van der Waals surface area (Å²) in [6.45, 7) is 0. The molecule has 1 aromatic rings. The van der Waals surface area contributed by atoms with Crippen LogP contribution in [0.4, 0.5) is 5.69 Å². The molecule has 0 saturated carbocycles. The molecule has 0 atom stereocenters. The number of benzene rings is 1. The van der Waals surface area contributed by atoms with Crippen molar-refractivity contribution in [2.45, 2.75) is 12.8 Å². The molecule has 1 aliphatic rings. The van der Waals surface area contributed by atoms with Crippen LogP contribution in [-0.4, -0.2) is 10.9 Å². The number of hydrogen-bond donors (Lipinski definition) is 2. The minimum absolute atomic E-state index is 0.0402. The fraction of sp³-hybridized carbons (Fsp3) is 0.222. The number of phenolic OH excluding ortho intramolecular Hbond substituents is 1. The molecule has 62 valence electrons. The Morgan fingerprint density at radius 1 is 1.33 bits per heavy atom. The zero-order valence-electron chi connectivity index (χ0n) is 6.50. The van der Waals surface area contributed by atoms with Crippen LogP contribution in [0.2, 0.25) is 0 Å². The lowest BCUT2D eigenvalue weighted by Gasteiger charge is -2.03. The van der Waals surface area contributed by atoms with E-state index in [0.29, 0.717) is 29.7 Å². The molecule has 1 aromatic carbocycles. The third-order valence-electron chi connectivity index (χ3n) is 2.20. The van der Waals surface area contributed by atoms with Crippen LogP contribution in [0.1, 0.15) is 22.3 Å². The van der Waals surface area contributed by atoms with E-state index in [4.69, 9.17) is 5.73 Å². The first-order valence-corrected chi connectivity index (χ1v) is 3.83. The van der Waals surface area contributed by atoms with Crippen LogP contribution in [0.3, 0.4) is 0 Å². The van der Waals surface area contributed by atoms with Crippen LogP contribution in [0.25, 0.3) is 0 Å². The largest absolute Gasteiger partial charge is 0.508 e. The smallest absolute Gasteiger partial charge is 0.165 e. The van der Waals surface area contributed by atoms with E-state index in [2.05, 4.69) is 0 Å². The van der Waals surface area contributed by atoms with Crippen molar-refractivity contribution in [3.8, 4) is 5.75 Å². The number of aromatic hydroxyl groups is 1. The van der Waals surface area contributed by atoms with Crippen LogP contribution >= 0.6 is 0 Å². The fourth-order valence-electron chi connectivity index (χ4n) is 1.60. The van der Waals surface area contributed by atoms with E-state index in [0.717, 1.165) is 0 Å². The highest BCUT2D eigenvalue weighted by Gasteiger charge is 2.24. The molecule has 1 aliphatic carbocycles. The Hall–Kier alpha value is -1.51. The predicted octanol–water partition coefficient (Wildman–Crippen LogP) is 1.10. The van der Waals surface area contributed by atoms with Gasteiger partial charge >= 0.3 is 0 Å². The lowest BCUT2D eigenvalue weighted by Crippen LogP contribution is -1.98. The van der Waals surface area contributed by atoms with Gasteiger partial charge in [0.05, 0.1) is 0 Å². The summed E-state index contributed by atoms with van der Waals surface area (Å²) in [5.74, 6) is 0.225. The van der Waals surface area contributed by atoms with Crippen LogP contribution < -0.4 is 5.73 Å². The molecule has 3 nitrogen and oxygen atoms in total. The molecule has 0 aromatic heterocycles. The molecule has 2 rings (SSSR count). The summed E-state index contributed by atoms with van der Waals surface area (Å²) in [5, 5.41) is 9.37. The van der Waals surface area contributed by atoms with Crippen LogP contribution in [0, 0.1) is 0 Å². The second-order valence-corrected chi connectivity index (χ2v) is 2.95. The minimum atomic E-state index is 0.0402. The first-order valence-electron chi connectivity index (χ1n) is 3.83. The van der Waals surface area contributed by atoms with Crippen molar-refractivity contribution in [1.29, 1.82) is 0 Å². The van der Waals surface area contributed by atoms with Gasteiger partial charge in [0.1, 0.15) is 5.75 Å². The Morgan fingerprint density at radius 2 is 2.08 bits per heavy atom. The molecular formula is C9H9NO2. The summed E-state index contributed by atoms with van der Waals surface area (Å²) in [5.41, 5.74) is 7.31. The number of ketones is 1. The number of rotatable bonds is 0. The molecule has 12 heavy (non-hydrogen) atoms. The van der Waals surface area contributed by atoms with Crippen molar-refractivity contribution < 1.29 is 9.90 Å². The van der Waals surface area contributed by atoms with Gasteiger partial charge in [-0.3, -0.25) is 4.79 Å². The molecule has 0 heterocycles. The summed E-state index contributed by atoms with van der Waals surface area (Å²) in [7, 11) is 0. The third kappa shape index (κ3) is 0.794. The van der Waals surface area contributed by atoms with Crippen LogP contribution in [0.15, 0.2) is 12.1 Å². The molecule has 0 unspecified atom stereocenters. The van der Waals surface area contributed by atoms with Crippen molar-refractivity contribution in [2.24, 2.45) is 0 Å². The van der Waals surface area contributed by atoms with E-state index < -0.39 is 0 Å². The first-order chi connectivity index (χ1) is 5.70. The van der Waals surface area contributed by atoms with E-state index in [-0.39, 0.29) is 11.5 Å². The molecule has 0 amide bonds. The highest BCUT2D eigenvalue weighted by molar-refractivity contribution is 6.05. The highest BCUT2D eigenvalue weighted by atomic mass is 16.3. The van der Waals surface area contributed by atoms with Crippen LogP contribution in [-0.2, 0) is 6.42 Å². The number of carbonyl (C=O) groups is 1. The van der Waals surface area contributed by atoms with Gasteiger partial charge in [0, 0.05) is 23.2 Å². The van der Waals surface area contributed by atoms with E-state index in [1.54, 1.807) is 6.07 Å². The quantitative estimate of drug-likeness (QED) is 0.444. The molecule has 0 fully saturated rings. The van der Waals surface area contributed by atoms with E-state index in [1.807, 2.05) is 0 Å². The van der Waals surface area contributed by atoms with Gasteiger partial charge in [-0.25, -0.2) is 0 Å². The van der Waals surface area contributed by atoms with Crippen molar-refractivity contribution in [2.75, 3.05) is 5.73 Å². The van der Waals surface area contributed by atoms with Crippen molar-refractivity contribution >= 4 is 11.5 Å². The Labute approximate surface area is 69.8 Å². The van der Waals surface area contributed by atoms with Crippen molar-refractivity contribution in [3.63, 3.8) is 0 Å². The summed E-state index contributed by atoms with van der Waals surface area (Å²) < 4.78 is 0. The summed E-state index contributed by atoms with van der Waals surface area (Å²) in [4.78, 5) is 11.2. The Balaban J connectivity index is 2.72. The van der Waals surface area contributed by atoms with Crippen LogP contribution in [0.5, 0.6) is 5.75 Å². The summed E-state index contributed by atoms with van der Waals surface area (Å²) >= 11 is 0. The van der Waals surface area contributed by atoms with E-state index in [9.17, 15) is 9.90 Å². The highest BCUT2D eigenvalue weighted by Crippen LogP contribution is 2.33. The van der Waals surface area contributed by atoms with Gasteiger partial charge in [0.2, 0.25) is 0 Å². The number of nitrogen functional groups attached to an aromatic ring is 1. The zero-order chi connectivity index (χ0) is 8.72. The normalized spacial score (nSPS) is 14.8. The number of carbonyl (C=O) groups excluding carboxylic acids is 1. The number of fused-ring (bicyclic) bond motifs is 1. The second-order valence-electron chi connectivity index (χ2n) is 2.95. The molecule has 0 saturated heterocycles. The number of Topliss-reactive ketones (excluding diaryl/α,β-unsaturated/α-hetero) is 1. The van der Waals surface area contributed by atoms with Gasteiger partial charge in [0.25, 0.3) is 0 Å². The van der Waals surface area contributed by atoms with E-state index in [1.165, 1.54) is 6.07 Å². The van der Waals surface area contributed by atoms with E-state index >= 15 is 0 Å². The Morgan fingerprint density at radius 3 is 2.75 bits per heavy atom. The number of nitrogens with two attached hydrogens (primary N) is 1. The minimum Gasteiger partial charge on any atom is -0.508 e. The summed E-state index contributed by atoms with van der Waals surface area (Å²) in [6.07, 6.45) is 1.09. The predicted molar refractivity (Wildman–Crippen MR) is 45.2 cm³/mol. The molecule has 3 N–H and O–H groups in total. The molecule has 3 heteroatoms. The van der Waals surface area contributed by atoms with Crippen molar-refractivity contribution in [3.05, 3.63) is 23.3 Å². The van der Waals surface area contributed by atoms with Gasteiger partial charge < -0.3 is 10.8 Å². The average Bonchev–Trinajstić information content (AvgIpc) is 2.42. The maximum atomic E-state index is 11.2. The zero-order valence-corrected chi connectivity index (χ0v) is 6.50. The number of phenols is 1. The maximum Gasteiger partial charge on any atom is 0.165 e. The van der Waals surface area contributed by atoms with Gasteiger partial charge in [-0.05, 0) is 18.6 Å². The first kappa shape index (κ1) is 7.16. The van der Waals surface area contributed by atoms with Gasteiger partial charge in [0.15, 0.2) is 5.78 Å². The molecule has 0 radical (unpaired) electrons. The maximum absolute atomic E-state index is 11.2.